The monoisotopic (exact) mass is 398 g/mol. The minimum absolute atomic E-state index is 0.0250. The normalized spacial score (nSPS) is 31.9. The SMILES string of the molecule is O=C([C@@H]1C[C@H]2CCCN2[C@]12C(=O)Nc1ccccc12)N1CCN(CCCO)CC1. The Hall–Kier alpha value is -1.96. The van der Waals surface area contributed by atoms with Crippen LogP contribution in [0.5, 0.6) is 0 Å². The fraction of sp³-hybridized carbons (Fsp3) is 0.636. The molecule has 1 aromatic carbocycles. The molecule has 0 unspecified atom stereocenters. The molecular formula is C22H30N4O3. The zero-order valence-electron chi connectivity index (χ0n) is 16.8. The maximum absolute atomic E-state index is 13.7. The number of hydrogen-bond acceptors (Lipinski definition) is 5. The molecule has 7 heteroatoms. The number of benzene rings is 1. The van der Waals surface area contributed by atoms with Crippen molar-refractivity contribution >= 4 is 17.5 Å². The largest absolute Gasteiger partial charge is 0.396 e. The Morgan fingerprint density at radius 1 is 1.17 bits per heavy atom. The Morgan fingerprint density at radius 2 is 1.97 bits per heavy atom. The summed E-state index contributed by atoms with van der Waals surface area (Å²) in [4.78, 5) is 33.7. The molecule has 3 atom stereocenters. The van der Waals surface area contributed by atoms with E-state index >= 15 is 0 Å². The van der Waals surface area contributed by atoms with E-state index in [-0.39, 0.29) is 24.3 Å². The van der Waals surface area contributed by atoms with Gasteiger partial charge in [-0.3, -0.25) is 19.4 Å². The number of amides is 2. The van der Waals surface area contributed by atoms with Gasteiger partial charge in [-0.1, -0.05) is 18.2 Å². The van der Waals surface area contributed by atoms with Gasteiger partial charge in [-0.2, -0.15) is 0 Å². The summed E-state index contributed by atoms with van der Waals surface area (Å²) >= 11 is 0. The highest BCUT2D eigenvalue weighted by Crippen LogP contribution is 2.55. The van der Waals surface area contributed by atoms with Crippen molar-refractivity contribution in [3.8, 4) is 0 Å². The van der Waals surface area contributed by atoms with Crippen LogP contribution in [0.1, 0.15) is 31.2 Å². The number of nitrogens with zero attached hydrogens (tertiary/aromatic N) is 3. The van der Waals surface area contributed by atoms with E-state index in [1.54, 1.807) is 0 Å². The van der Waals surface area contributed by atoms with Crippen LogP contribution in [0.4, 0.5) is 5.69 Å². The van der Waals surface area contributed by atoms with E-state index in [4.69, 9.17) is 5.11 Å². The van der Waals surface area contributed by atoms with Crippen molar-refractivity contribution in [3.63, 3.8) is 0 Å². The van der Waals surface area contributed by atoms with Crippen LogP contribution in [-0.2, 0) is 15.1 Å². The quantitative estimate of drug-likeness (QED) is 0.786. The van der Waals surface area contributed by atoms with Crippen LogP contribution in [0.15, 0.2) is 24.3 Å². The number of hydrogen-bond donors (Lipinski definition) is 2. The molecule has 4 heterocycles. The molecule has 4 aliphatic rings. The van der Waals surface area contributed by atoms with Crippen LogP contribution < -0.4 is 5.32 Å². The predicted molar refractivity (Wildman–Crippen MR) is 109 cm³/mol. The standard InChI is InChI=1S/C22H30N4O3/c27-14-4-8-24-10-12-25(13-11-24)20(28)18-15-16-5-3-9-26(16)22(18)17-6-1-2-7-19(17)23-21(22)29/h1-2,6-7,16,18,27H,3-5,8-15H2,(H,23,29)/t16-,18+,22+/m1/s1. The van der Waals surface area contributed by atoms with Crippen molar-refractivity contribution < 1.29 is 14.7 Å². The lowest BCUT2D eigenvalue weighted by molar-refractivity contribution is -0.145. The third kappa shape index (κ3) is 2.82. The summed E-state index contributed by atoms with van der Waals surface area (Å²) in [5, 5.41) is 12.1. The molecular weight excluding hydrogens is 368 g/mol. The van der Waals surface area contributed by atoms with Crippen LogP contribution in [0.3, 0.4) is 0 Å². The molecule has 0 aromatic heterocycles. The van der Waals surface area contributed by atoms with Crippen LogP contribution in [0.2, 0.25) is 0 Å². The summed E-state index contributed by atoms with van der Waals surface area (Å²) in [6, 6.07) is 8.21. The van der Waals surface area contributed by atoms with Crippen molar-refractivity contribution in [3.05, 3.63) is 29.8 Å². The van der Waals surface area contributed by atoms with Crippen molar-refractivity contribution in [2.45, 2.75) is 37.3 Å². The third-order valence-electron chi connectivity index (χ3n) is 7.39. The molecule has 2 amide bonds. The molecule has 0 saturated carbocycles. The van der Waals surface area contributed by atoms with Gasteiger partial charge in [0, 0.05) is 56.6 Å². The summed E-state index contributed by atoms with van der Waals surface area (Å²) in [5.74, 6) is -0.212. The first-order valence-corrected chi connectivity index (χ1v) is 11.0. The van der Waals surface area contributed by atoms with Crippen LogP contribution in [0, 0.1) is 5.92 Å². The zero-order chi connectivity index (χ0) is 20.0. The van der Waals surface area contributed by atoms with Crippen LogP contribution >= 0.6 is 0 Å². The second-order valence-electron chi connectivity index (χ2n) is 8.79. The predicted octanol–water partition coefficient (Wildman–Crippen LogP) is 0.845. The number of fused-ring (bicyclic) bond motifs is 4. The maximum Gasteiger partial charge on any atom is 0.250 e. The van der Waals surface area contributed by atoms with Crippen LogP contribution in [-0.4, -0.2) is 83.5 Å². The third-order valence-corrected chi connectivity index (χ3v) is 7.39. The van der Waals surface area contributed by atoms with E-state index in [1.807, 2.05) is 29.2 Å². The van der Waals surface area contributed by atoms with Crippen LogP contribution in [0.25, 0.3) is 0 Å². The summed E-state index contributed by atoms with van der Waals surface area (Å²) in [6.07, 6.45) is 3.70. The van der Waals surface area contributed by atoms with Crippen molar-refractivity contribution in [2.75, 3.05) is 51.2 Å². The van der Waals surface area contributed by atoms with Gasteiger partial charge in [0.05, 0.1) is 5.92 Å². The lowest BCUT2D eigenvalue weighted by atomic mass is 9.78. The summed E-state index contributed by atoms with van der Waals surface area (Å²) in [5.41, 5.74) is 0.995. The molecule has 0 radical (unpaired) electrons. The molecule has 1 spiro atoms. The number of aliphatic hydroxyl groups excluding tert-OH is 1. The first-order valence-electron chi connectivity index (χ1n) is 11.0. The lowest BCUT2D eigenvalue weighted by Crippen LogP contribution is -2.57. The van der Waals surface area contributed by atoms with Crippen molar-refractivity contribution in [1.82, 2.24) is 14.7 Å². The average Bonchev–Trinajstić information content (AvgIpc) is 3.41. The highest BCUT2D eigenvalue weighted by atomic mass is 16.3. The average molecular weight is 399 g/mol. The van der Waals surface area contributed by atoms with E-state index in [0.717, 1.165) is 63.1 Å². The smallest absolute Gasteiger partial charge is 0.250 e. The van der Waals surface area contributed by atoms with Gasteiger partial charge >= 0.3 is 0 Å². The van der Waals surface area contributed by atoms with Gasteiger partial charge in [0.1, 0.15) is 5.54 Å². The molecule has 29 heavy (non-hydrogen) atoms. The molecule has 7 nitrogen and oxygen atoms in total. The van der Waals surface area contributed by atoms with E-state index in [1.165, 1.54) is 0 Å². The second-order valence-corrected chi connectivity index (χ2v) is 8.79. The molecule has 3 saturated heterocycles. The van der Waals surface area contributed by atoms with Crippen molar-refractivity contribution in [2.24, 2.45) is 5.92 Å². The number of rotatable bonds is 4. The minimum Gasteiger partial charge on any atom is -0.396 e. The van der Waals surface area contributed by atoms with Gasteiger partial charge in [-0.15, -0.1) is 0 Å². The molecule has 5 rings (SSSR count). The summed E-state index contributed by atoms with van der Waals surface area (Å²) in [7, 11) is 0. The molecule has 0 aliphatic carbocycles. The molecule has 2 N–H and O–H groups in total. The number of aliphatic hydroxyl groups is 1. The second kappa shape index (κ2) is 7.38. The van der Waals surface area contributed by atoms with Gasteiger partial charge in [0.15, 0.2) is 0 Å². The zero-order valence-corrected chi connectivity index (χ0v) is 16.8. The number of carbonyl (C=O) groups is 2. The first-order chi connectivity index (χ1) is 14.2. The highest BCUT2D eigenvalue weighted by Gasteiger charge is 2.65. The summed E-state index contributed by atoms with van der Waals surface area (Å²) < 4.78 is 0. The first kappa shape index (κ1) is 19.0. The van der Waals surface area contributed by atoms with Gasteiger partial charge < -0.3 is 15.3 Å². The molecule has 156 valence electrons. The van der Waals surface area contributed by atoms with E-state index < -0.39 is 5.54 Å². The number of carbonyl (C=O) groups excluding carboxylic acids is 2. The topological polar surface area (TPSA) is 76.1 Å². The lowest BCUT2D eigenvalue weighted by Gasteiger charge is -2.40. The summed E-state index contributed by atoms with van der Waals surface area (Å²) in [6.45, 7) is 5.02. The van der Waals surface area contributed by atoms with E-state index in [2.05, 4.69) is 15.1 Å². The Kier molecular flexibility index (Phi) is 4.84. The number of para-hydroxylation sites is 1. The fourth-order valence-electron chi connectivity index (χ4n) is 6.07. The number of piperazine rings is 1. The van der Waals surface area contributed by atoms with Gasteiger partial charge in [0.2, 0.25) is 11.8 Å². The Labute approximate surface area is 171 Å². The van der Waals surface area contributed by atoms with E-state index in [9.17, 15) is 9.59 Å². The van der Waals surface area contributed by atoms with Gasteiger partial charge in [-0.25, -0.2) is 0 Å². The molecule has 1 aromatic rings. The van der Waals surface area contributed by atoms with Crippen molar-refractivity contribution in [1.29, 1.82) is 0 Å². The van der Waals surface area contributed by atoms with Gasteiger partial charge in [-0.05, 0) is 38.3 Å². The van der Waals surface area contributed by atoms with E-state index in [0.29, 0.717) is 19.1 Å². The molecule has 4 aliphatic heterocycles. The number of anilines is 1. The fourth-order valence-corrected chi connectivity index (χ4v) is 6.07. The molecule has 0 bridgehead atoms. The molecule has 3 fully saturated rings. The maximum atomic E-state index is 13.7. The minimum atomic E-state index is -0.844. The van der Waals surface area contributed by atoms with Gasteiger partial charge in [0.25, 0.3) is 0 Å². The Morgan fingerprint density at radius 3 is 2.76 bits per heavy atom. The highest BCUT2D eigenvalue weighted by molar-refractivity contribution is 6.09. The Balaban J connectivity index is 1.43. The number of nitrogens with one attached hydrogen (secondary N) is 1. The Bertz CT molecular complexity index is 807.